The lowest BCUT2D eigenvalue weighted by atomic mass is 9.83. The number of H-pyrrole nitrogens is 1. The summed E-state index contributed by atoms with van der Waals surface area (Å²) >= 11 is 2.33. The molecular formula is C27H25N3O6S2. The lowest BCUT2D eigenvalue weighted by Gasteiger charge is -2.30. The van der Waals surface area contributed by atoms with Gasteiger partial charge in [-0.25, -0.2) is 4.90 Å². The molecule has 38 heavy (non-hydrogen) atoms. The van der Waals surface area contributed by atoms with Crippen LogP contribution in [0.3, 0.4) is 0 Å². The van der Waals surface area contributed by atoms with Gasteiger partial charge in [-0.1, -0.05) is 52.9 Å². The first-order valence-electron chi connectivity index (χ1n) is 12.3. The molecular weight excluding hydrogens is 526 g/mol. The zero-order chi connectivity index (χ0) is 26.4. The van der Waals surface area contributed by atoms with Crippen LogP contribution in [0.15, 0.2) is 58.4 Å². The summed E-state index contributed by atoms with van der Waals surface area (Å²) in [6.07, 6.45) is 0. The van der Waals surface area contributed by atoms with E-state index in [-0.39, 0.29) is 29.2 Å². The number of aromatic nitrogens is 1. The summed E-state index contributed by atoms with van der Waals surface area (Å²) in [5, 5.41) is -0.0109. The van der Waals surface area contributed by atoms with Gasteiger partial charge in [0.25, 0.3) is 5.91 Å². The van der Waals surface area contributed by atoms with Gasteiger partial charge in [0.15, 0.2) is 6.61 Å². The van der Waals surface area contributed by atoms with Crippen molar-refractivity contribution in [3.63, 3.8) is 0 Å². The van der Waals surface area contributed by atoms with Crippen molar-refractivity contribution in [2.45, 2.75) is 23.1 Å². The Labute approximate surface area is 226 Å². The number of fused-ring (bicyclic) bond motifs is 2. The molecule has 2 saturated heterocycles. The number of morpholine rings is 1. The van der Waals surface area contributed by atoms with E-state index in [0.29, 0.717) is 42.8 Å². The van der Waals surface area contributed by atoms with Gasteiger partial charge in [-0.2, -0.15) is 0 Å². The predicted molar refractivity (Wildman–Crippen MR) is 143 cm³/mol. The zero-order valence-corrected chi connectivity index (χ0v) is 22.2. The largest absolute Gasteiger partial charge is 0.484 e. The molecule has 0 aliphatic carbocycles. The number of nitrogens with one attached hydrogen (secondary N) is 1. The molecule has 0 radical (unpaired) electrons. The van der Waals surface area contributed by atoms with Crippen molar-refractivity contribution in [1.29, 1.82) is 0 Å². The Morgan fingerprint density at radius 2 is 1.74 bits per heavy atom. The van der Waals surface area contributed by atoms with E-state index in [1.807, 2.05) is 31.2 Å². The van der Waals surface area contributed by atoms with Crippen molar-refractivity contribution in [2.24, 2.45) is 5.92 Å². The number of thioether (sulfide) groups is 1. The van der Waals surface area contributed by atoms with Gasteiger partial charge in [-0.3, -0.25) is 19.2 Å². The van der Waals surface area contributed by atoms with E-state index in [1.54, 1.807) is 29.2 Å². The minimum atomic E-state index is -0.651. The van der Waals surface area contributed by atoms with Crippen molar-refractivity contribution < 1.29 is 23.9 Å². The molecule has 196 valence electrons. The molecule has 3 unspecified atom stereocenters. The van der Waals surface area contributed by atoms with Crippen LogP contribution >= 0.6 is 23.1 Å². The second kappa shape index (κ2) is 10.0. The standard InChI is InChI=1S/C27H25N3O6S2/c1-15-2-6-17(7-3-15)30-25(32)21-20(22-24(28-27(34)38-22)37-23(21)26(30)33)16-4-8-18(9-5-16)36-14-19(31)29-10-12-35-13-11-29/h2-9,20-21,23H,10-14H2,1H3,(H,28,34). The Morgan fingerprint density at radius 3 is 2.45 bits per heavy atom. The molecule has 3 atom stereocenters. The van der Waals surface area contributed by atoms with Gasteiger partial charge >= 0.3 is 4.87 Å². The van der Waals surface area contributed by atoms with Crippen LogP contribution in [-0.2, 0) is 19.1 Å². The SMILES string of the molecule is Cc1ccc(N2C(=O)C3Sc4[nH]c(=O)sc4C(c4ccc(OCC(=O)N5CCOCC5)cc4)C3C2=O)cc1. The summed E-state index contributed by atoms with van der Waals surface area (Å²) in [5.74, 6) is -1.24. The van der Waals surface area contributed by atoms with Crippen LogP contribution in [0.4, 0.5) is 5.69 Å². The second-order valence-corrected chi connectivity index (χ2v) is 11.6. The van der Waals surface area contributed by atoms with E-state index in [1.165, 1.54) is 16.7 Å². The molecule has 3 aromatic rings. The van der Waals surface area contributed by atoms with E-state index in [9.17, 15) is 19.2 Å². The van der Waals surface area contributed by atoms with Crippen molar-refractivity contribution >= 4 is 46.5 Å². The summed E-state index contributed by atoms with van der Waals surface area (Å²) in [4.78, 5) is 58.3. The molecule has 3 aliphatic heterocycles. The molecule has 0 saturated carbocycles. The second-order valence-electron chi connectivity index (χ2n) is 9.45. The number of carbonyl (C=O) groups excluding carboxylic acids is 3. The highest BCUT2D eigenvalue weighted by molar-refractivity contribution is 8.00. The van der Waals surface area contributed by atoms with Crippen molar-refractivity contribution in [3.05, 3.63) is 74.2 Å². The summed E-state index contributed by atoms with van der Waals surface area (Å²) in [5.41, 5.74) is 2.38. The molecule has 2 fully saturated rings. The zero-order valence-electron chi connectivity index (χ0n) is 20.5. The maximum atomic E-state index is 13.8. The fourth-order valence-electron chi connectivity index (χ4n) is 5.14. The number of amides is 3. The minimum absolute atomic E-state index is 0.0772. The van der Waals surface area contributed by atoms with Crippen LogP contribution in [0, 0.1) is 12.8 Å². The van der Waals surface area contributed by atoms with Crippen LogP contribution in [0.1, 0.15) is 21.9 Å². The predicted octanol–water partition coefficient (Wildman–Crippen LogP) is 2.78. The van der Waals surface area contributed by atoms with E-state index >= 15 is 0 Å². The normalized spacial score (nSPS) is 22.8. The first-order valence-corrected chi connectivity index (χ1v) is 14.0. The maximum absolute atomic E-state index is 13.8. The number of anilines is 1. The number of benzene rings is 2. The van der Waals surface area contributed by atoms with Gasteiger partial charge < -0.3 is 19.4 Å². The number of nitrogens with zero attached hydrogens (tertiary/aromatic N) is 2. The summed E-state index contributed by atoms with van der Waals surface area (Å²) in [6.45, 7) is 4.03. The molecule has 1 N–H and O–H groups in total. The van der Waals surface area contributed by atoms with Crippen molar-refractivity contribution in [3.8, 4) is 5.75 Å². The molecule has 11 heteroatoms. The number of thiazole rings is 1. The average molecular weight is 552 g/mol. The fourth-order valence-corrected chi connectivity index (χ4v) is 7.66. The molecule has 0 bridgehead atoms. The summed E-state index contributed by atoms with van der Waals surface area (Å²) in [6, 6.07) is 14.5. The number of ether oxygens (including phenoxy) is 2. The Kier molecular flexibility index (Phi) is 6.58. The first-order chi connectivity index (χ1) is 18.4. The highest BCUT2D eigenvalue weighted by Crippen LogP contribution is 2.53. The topological polar surface area (TPSA) is 109 Å². The smallest absolute Gasteiger partial charge is 0.305 e. The average Bonchev–Trinajstić information content (AvgIpc) is 3.43. The number of imide groups is 1. The van der Waals surface area contributed by atoms with Gasteiger partial charge in [0.2, 0.25) is 11.8 Å². The number of hydrogen-bond acceptors (Lipinski definition) is 8. The highest BCUT2D eigenvalue weighted by Gasteiger charge is 2.56. The van der Waals surface area contributed by atoms with Crippen molar-refractivity contribution in [1.82, 2.24) is 9.88 Å². The van der Waals surface area contributed by atoms with Gasteiger partial charge in [0.1, 0.15) is 11.0 Å². The number of aromatic amines is 1. The molecule has 3 aliphatic rings. The van der Waals surface area contributed by atoms with E-state index in [0.717, 1.165) is 27.3 Å². The van der Waals surface area contributed by atoms with Crippen LogP contribution in [0.2, 0.25) is 0 Å². The van der Waals surface area contributed by atoms with Crippen LogP contribution < -0.4 is 14.5 Å². The Hall–Kier alpha value is -3.41. The fraction of sp³-hybridized carbons (Fsp3) is 0.333. The van der Waals surface area contributed by atoms with Crippen LogP contribution in [0.25, 0.3) is 0 Å². The quantitative estimate of drug-likeness (QED) is 0.486. The molecule has 3 amide bonds. The molecule has 1 aromatic heterocycles. The number of carbonyl (C=O) groups is 3. The molecule has 9 nitrogen and oxygen atoms in total. The van der Waals surface area contributed by atoms with Gasteiger partial charge in [0.05, 0.1) is 29.8 Å². The third-order valence-electron chi connectivity index (χ3n) is 7.08. The number of aryl methyl sites for hydroxylation is 1. The van der Waals surface area contributed by atoms with E-state index in [4.69, 9.17) is 9.47 Å². The lowest BCUT2D eigenvalue weighted by molar-refractivity contribution is -0.137. The first kappa shape index (κ1) is 24.9. The van der Waals surface area contributed by atoms with Crippen molar-refractivity contribution in [2.75, 3.05) is 37.8 Å². The Morgan fingerprint density at radius 1 is 1.03 bits per heavy atom. The third-order valence-corrected chi connectivity index (χ3v) is 9.48. The third kappa shape index (κ3) is 4.44. The molecule has 0 spiro atoms. The molecule has 2 aromatic carbocycles. The summed E-state index contributed by atoms with van der Waals surface area (Å²) < 4.78 is 11.0. The monoisotopic (exact) mass is 551 g/mol. The van der Waals surface area contributed by atoms with Gasteiger partial charge in [-0.05, 0) is 36.8 Å². The molecule has 4 heterocycles. The Balaban J connectivity index is 1.27. The van der Waals surface area contributed by atoms with E-state index in [2.05, 4.69) is 4.98 Å². The lowest BCUT2D eigenvalue weighted by Crippen LogP contribution is -2.42. The van der Waals surface area contributed by atoms with Gasteiger partial charge in [-0.15, -0.1) is 0 Å². The van der Waals surface area contributed by atoms with Gasteiger partial charge in [0, 0.05) is 23.9 Å². The minimum Gasteiger partial charge on any atom is -0.484 e. The number of hydrogen-bond donors (Lipinski definition) is 1. The maximum Gasteiger partial charge on any atom is 0.305 e. The highest BCUT2D eigenvalue weighted by atomic mass is 32.2. The van der Waals surface area contributed by atoms with E-state index < -0.39 is 17.1 Å². The number of rotatable bonds is 5. The molecule has 6 rings (SSSR count). The summed E-state index contributed by atoms with van der Waals surface area (Å²) in [7, 11) is 0. The van der Waals surface area contributed by atoms with Crippen LogP contribution in [-0.4, -0.2) is 65.8 Å². The Bertz CT molecular complexity index is 1440. The van der Waals surface area contributed by atoms with Crippen LogP contribution in [0.5, 0.6) is 5.75 Å².